The summed E-state index contributed by atoms with van der Waals surface area (Å²) in [5.74, 6) is 0.714. The first-order valence-electron chi connectivity index (χ1n) is 9.48. The molecule has 0 spiro atoms. The fraction of sp³-hybridized carbons (Fsp3) is 0.364. The molecule has 0 aliphatic heterocycles. The van der Waals surface area contributed by atoms with Crippen LogP contribution in [0.1, 0.15) is 10.4 Å². The van der Waals surface area contributed by atoms with Crippen LogP contribution in [0, 0.1) is 0 Å². The number of benzene rings is 1. The minimum absolute atomic E-state index is 0.0329. The molecule has 0 atom stereocenters. The Morgan fingerprint density at radius 3 is 2.50 bits per heavy atom. The van der Waals surface area contributed by atoms with Crippen molar-refractivity contribution >= 4 is 34.8 Å². The number of methoxy groups -OCH3 is 2. The average molecular weight is 451 g/mol. The van der Waals surface area contributed by atoms with Crippen molar-refractivity contribution in [3.63, 3.8) is 0 Å². The maximum atomic E-state index is 13.0. The van der Waals surface area contributed by atoms with Gasteiger partial charge in [0.15, 0.2) is 11.5 Å². The highest BCUT2D eigenvalue weighted by Crippen LogP contribution is 2.27. The fourth-order valence-electron chi connectivity index (χ4n) is 2.94. The van der Waals surface area contributed by atoms with E-state index in [4.69, 9.17) is 21.1 Å². The van der Waals surface area contributed by atoms with E-state index in [1.54, 1.807) is 36.5 Å². The summed E-state index contributed by atoms with van der Waals surface area (Å²) in [6, 6.07) is 9.67. The summed E-state index contributed by atoms with van der Waals surface area (Å²) in [5.41, 5.74) is 1.02. The number of thiophene rings is 1. The van der Waals surface area contributed by atoms with Gasteiger partial charge in [-0.3, -0.25) is 9.59 Å². The summed E-state index contributed by atoms with van der Waals surface area (Å²) >= 11 is 7.28. The molecule has 0 aliphatic rings. The van der Waals surface area contributed by atoms with Crippen LogP contribution < -0.4 is 9.47 Å². The number of nitrogens with zero attached hydrogens (tertiary/aromatic N) is 2. The summed E-state index contributed by atoms with van der Waals surface area (Å²) < 4.78 is 10.6. The molecule has 2 aromatic rings. The third-order valence-electron chi connectivity index (χ3n) is 4.54. The van der Waals surface area contributed by atoms with Crippen LogP contribution in [0.5, 0.6) is 11.5 Å². The van der Waals surface area contributed by atoms with Crippen LogP contribution >= 0.6 is 22.9 Å². The van der Waals surface area contributed by atoms with Crippen molar-refractivity contribution in [3.8, 4) is 11.5 Å². The number of carbonyl (C=O) groups excluding carboxylic acids is 2. The monoisotopic (exact) mass is 450 g/mol. The molecule has 162 valence electrons. The van der Waals surface area contributed by atoms with Gasteiger partial charge in [0, 0.05) is 18.0 Å². The number of rotatable bonds is 12. The molecule has 6 nitrogen and oxygen atoms in total. The van der Waals surface area contributed by atoms with Crippen molar-refractivity contribution in [2.75, 3.05) is 39.7 Å². The molecular weight excluding hydrogens is 424 g/mol. The third-order valence-corrected chi connectivity index (χ3v) is 5.63. The molecule has 30 heavy (non-hydrogen) atoms. The number of halogens is 1. The van der Waals surface area contributed by atoms with Crippen molar-refractivity contribution in [1.82, 2.24) is 9.80 Å². The van der Waals surface area contributed by atoms with Gasteiger partial charge < -0.3 is 19.3 Å². The smallest absolute Gasteiger partial charge is 0.242 e. The normalized spacial score (nSPS) is 10.4. The Morgan fingerprint density at radius 2 is 1.90 bits per heavy atom. The highest BCUT2D eigenvalue weighted by atomic mass is 35.5. The van der Waals surface area contributed by atoms with Gasteiger partial charge in [-0.15, -0.1) is 29.5 Å². The number of carbonyl (C=O) groups is 2. The van der Waals surface area contributed by atoms with Crippen molar-refractivity contribution in [3.05, 3.63) is 58.8 Å². The Labute approximate surface area is 186 Å². The van der Waals surface area contributed by atoms with E-state index in [-0.39, 0.29) is 30.8 Å². The van der Waals surface area contributed by atoms with Gasteiger partial charge in [-0.1, -0.05) is 18.2 Å². The zero-order valence-corrected chi connectivity index (χ0v) is 18.9. The Hall–Kier alpha value is -2.51. The lowest BCUT2D eigenvalue weighted by molar-refractivity contribution is -0.139. The van der Waals surface area contributed by atoms with E-state index in [0.717, 1.165) is 10.4 Å². The zero-order chi connectivity index (χ0) is 21.9. The number of alkyl halides is 1. The first kappa shape index (κ1) is 23.8. The summed E-state index contributed by atoms with van der Waals surface area (Å²) in [4.78, 5) is 29.3. The van der Waals surface area contributed by atoms with Crippen LogP contribution in [0.3, 0.4) is 0 Å². The van der Waals surface area contributed by atoms with E-state index < -0.39 is 0 Å². The third kappa shape index (κ3) is 6.78. The predicted molar refractivity (Wildman–Crippen MR) is 120 cm³/mol. The van der Waals surface area contributed by atoms with Gasteiger partial charge in [0.05, 0.1) is 20.8 Å². The molecule has 1 aromatic heterocycles. The molecule has 2 rings (SSSR count). The second-order valence-electron chi connectivity index (χ2n) is 6.53. The molecule has 0 bridgehead atoms. The average Bonchev–Trinajstić information content (AvgIpc) is 3.28. The summed E-state index contributed by atoms with van der Waals surface area (Å²) in [7, 11) is 3.19. The molecule has 0 radical (unpaired) electrons. The van der Waals surface area contributed by atoms with E-state index >= 15 is 0 Å². The van der Waals surface area contributed by atoms with Crippen LogP contribution in [0.2, 0.25) is 0 Å². The molecule has 0 N–H and O–H groups in total. The van der Waals surface area contributed by atoms with Crippen molar-refractivity contribution in [2.45, 2.75) is 13.0 Å². The molecule has 0 unspecified atom stereocenters. The number of hydrogen-bond acceptors (Lipinski definition) is 5. The van der Waals surface area contributed by atoms with Gasteiger partial charge in [-0.2, -0.15) is 0 Å². The summed E-state index contributed by atoms with van der Waals surface area (Å²) in [6.07, 6.45) is 2.23. The molecule has 1 aromatic carbocycles. The van der Waals surface area contributed by atoms with Gasteiger partial charge in [-0.25, -0.2) is 0 Å². The largest absolute Gasteiger partial charge is 0.493 e. The highest BCUT2D eigenvalue weighted by Gasteiger charge is 2.21. The van der Waals surface area contributed by atoms with E-state index in [1.807, 2.05) is 35.7 Å². The Balaban J connectivity index is 2.13. The van der Waals surface area contributed by atoms with Crippen LogP contribution in [-0.4, -0.2) is 61.3 Å². The maximum Gasteiger partial charge on any atom is 0.242 e. The molecule has 0 saturated carbocycles. The van der Waals surface area contributed by atoms with E-state index in [9.17, 15) is 9.59 Å². The number of amides is 2. The van der Waals surface area contributed by atoms with Crippen LogP contribution in [0.4, 0.5) is 0 Å². The Morgan fingerprint density at radius 1 is 1.13 bits per heavy atom. The van der Waals surface area contributed by atoms with E-state index in [0.29, 0.717) is 31.0 Å². The summed E-state index contributed by atoms with van der Waals surface area (Å²) in [6.45, 7) is 4.89. The van der Waals surface area contributed by atoms with E-state index in [1.165, 1.54) is 4.90 Å². The first-order valence-corrected chi connectivity index (χ1v) is 10.9. The van der Waals surface area contributed by atoms with Crippen molar-refractivity contribution in [1.29, 1.82) is 0 Å². The molecule has 8 heteroatoms. The first-order chi connectivity index (χ1) is 14.5. The van der Waals surface area contributed by atoms with E-state index in [2.05, 4.69) is 6.58 Å². The van der Waals surface area contributed by atoms with Crippen LogP contribution in [0.25, 0.3) is 0 Å². The lowest BCUT2D eigenvalue weighted by Gasteiger charge is -2.26. The maximum absolute atomic E-state index is 13.0. The molecule has 2 amide bonds. The minimum Gasteiger partial charge on any atom is -0.493 e. The standard InChI is InChI=1S/C22H27ClN2O4S/c1-4-10-24(21(26)14-23)16-22(27)25(15-18-6-5-12-30-18)11-9-17-7-8-19(28-2)20(13-17)29-3/h4-8,12-13H,1,9-11,14-16H2,2-3H3. The van der Waals surface area contributed by atoms with Crippen molar-refractivity contribution < 1.29 is 19.1 Å². The molecule has 0 fully saturated rings. The van der Waals surface area contributed by atoms with Gasteiger partial charge >= 0.3 is 0 Å². The van der Waals surface area contributed by atoms with Crippen LogP contribution in [0.15, 0.2) is 48.4 Å². The minimum atomic E-state index is -0.291. The SMILES string of the molecule is C=CCN(CC(=O)N(CCc1ccc(OC)c(OC)c1)Cc1cccs1)C(=O)CCl. The molecule has 0 saturated heterocycles. The quantitative estimate of drug-likeness (QED) is 0.366. The lowest BCUT2D eigenvalue weighted by atomic mass is 10.1. The molecular formula is C22H27ClN2O4S. The van der Waals surface area contributed by atoms with Crippen molar-refractivity contribution in [2.24, 2.45) is 0 Å². The molecule has 1 heterocycles. The zero-order valence-electron chi connectivity index (χ0n) is 17.3. The van der Waals surface area contributed by atoms with Crippen LogP contribution in [-0.2, 0) is 22.6 Å². The summed E-state index contributed by atoms with van der Waals surface area (Å²) in [5, 5.41) is 1.98. The fourth-order valence-corrected chi connectivity index (χ4v) is 3.83. The number of ether oxygens (including phenoxy) is 2. The topological polar surface area (TPSA) is 59.1 Å². The Kier molecular flexibility index (Phi) is 9.70. The predicted octanol–water partition coefficient (Wildman–Crippen LogP) is 3.59. The van der Waals surface area contributed by atoms with Gasteiger partial charge in [0.25, 0.3) is 0 Å². The second kappa shape index (κ2) is 12.2. The van der Waals surface area contributed by atoms with Gasteiger partial charge in [0.1, 0.15) is 12.4 Å². The number of hydrogen-bond donors (Lipinski definition) is 0. The Bertz CT molecular complexity index is 842. The van der Waals surface area contributed by atoms with Gasteiger partial charge in [-0.05, 0) is 35.6 Å². The molecule has 0 aliphatic carbocycles. The second-order valence-corrected chi connectivity index (χ2v) is 7.83. The lowest BCUT2D eigenvalue weighted by Crippen LogP contribution is -2.43. The highest BCUT2D eigenvalue weighted by molar-refractivity contribution is 7.09. The van der Waals surface area contributed by atoms with Gasteiger partial charge in [0.2, 0.25) is 11.8 Å².